The SMILES string of the molecule is CCOC(=O)[C@H]1OC(C)(C)O[C@H]1C(=O)OCC. The molecule has 1 saturated heterocycles. The van der Waals surface area contributed by atoms with Crippen molar-refractivity contribution in [1.82, 2.24) is 0 Å². The van der Waals surface area contributed by atoms with E-state index in [-0.39, 0.29) is 13.2 Å². The Kier molecular flexibility index (Phi) is 4.47. The zero-order valence-electron chi connectivity index (χ0n) is 10.5. The summed E-state index contributed by atoms with van der Waals surface area (Å²) >= 11 is 0. The van der Waals surface area contributed by atoms with Crippen LogP contribution >= 0.6 is 0 Å². The number of carbonyl (C=O) groups is 2. The van der Waals surface area contributed by atoms with Crippen molar-refractivity contribution < 1.29 is 28.5 Å². The highest BCUT2D eigenvalue weighted by Gasteiger charge is 2.50. The van der Waals surface area contributed by atoms with Gasteiger partial charge >= 0.3 is 11.9 Å². The molecule has 0 amide bonds. The van der Waals surface area contributed by atoms with Gasteiger partial charge in [0.25, 0.3) is 0 Å². The van der Waals surface area contributed by atoms with E-state index < -0.39 is 29.9 Å². The quantitative estimate of drug-likeness (QED) is 0.678. The largest absolute Gasteiger partial charge is 0.464 e. The van der Waals surface area contributed by atoms with Gasteiger partial charge in [0.05, 0.1) is 13.2 Å². The number of esters is 2. The molecule has 0 unspecified atom stereocenters. The Balaban J connectivity index is 2.77. The van der Waals surface area contributed by atoms with Crippen molar-refractivity contribution in [3.05, 3.63) is 0 Å². The molecule has 0 spiro atoms. The van der Waals surface area contributed by atoms with Crippen molar-refractivity contribution in [2.75, 3.05) is 13.2 Å². The fourth-order valence-corrected chi connectivity index (χ4v) is 1.56. The molecule has 0 aromatic rings. The van der Waals surface area contributed by atoms with Gasteiger partial charge in [0.15, 0.2) is 18.0 Å². The predicted octanol–water partition coefficient (Wildman–Crippen LogP) is 0.633. The molecule has 0 aromatic carbocycles. The third-order valence-electron chi connectivity index (χ3n) is 2.13. The van der Waals surface area contributed by atoms with Crippen LogP contribution in [0.25, 0.3) is 0 Å². The fourth-order valence-electron chi connectivity index (χ4n) is 1.56. The molecule has 1 aliphatic rings. The first-order valence-electron chi connectivity index (χ1n) is 5.60. The second-order valence-electron chi connectivity index (χ2n) is 3.98. The summed E-state index contributed by atoms with van der Waals surface area (Å²) < 4.78 is 20.3. The molecule has 98 valence electrons. The van der Waals surface area contributed by atoms with Crippen LogP contribution < -0.4 is 0 Å². The maximum atomic E-state index is 11.6. The van der Waals surface area contributed by atoms with Crippen molar-refractivity contribution in [2.45, 2.75) is 45.7 Å². The highest BCUT2D eigenvalue weighted by Crippen LogP contribution is 2.29. The van der Waals surface area contributed by atoms with E-state index in [4.69, 9.17) is 18.9 Å². The first-order chi connectivity index (χ1) is 7.91. The van der Waals surface area contributed by atoms with Crippen LogP contribution in [-0.2, 0) is 28.5 Å². The second-order valence-corrected chi connectivity index (χ2v) is 3.98. The van der Waals surface area contributed by atoms with E-state index in [0.717, 1.165) is 0 Å². The van der Waals surface area contributed by atoms with E-state index in [0.29, 0.717) is 0 Å². The molecule has 1 heterocycles. The summed E-state index contributed by atoms with van der Waals surface area (Å²) in [6.45, 7) is 7.04. The molecule has 6 heteroatoms. The van der Waals surface area contributed by atoms with E-state index in [2.05, 4.69) is 0 Å². The molecule has 2 atom stereocenters. The molecule has 0 saturated carbocycles. The van der Waals surface area contributed by atoms with Gasteiger partial charge in [-0.1, -0.05) is 0 Å². The van der Waals surface area contributed by atoms with Gasteiger partial charge in [-0.2, -0.15) is 0 Å². The van der Waals surface area contributed by atoms with E-state index in [1.165, 1.54) is 0 Å². The molecule has 1 rings (SSSR count). The Morgan fingerprint density at radius 1 is 1.00 bits per heavy atom. The van der Waals surface area contributed by atoms with Crippen LogP contribution in [0.5, 0.6) is 0 Å². The van der Waals surface area contributed by atoms with Gasteiger partial charge in [0, 0.05) is 0 Å². The number of rotatable bonds is 4. The third-order valence-corrected chi connectivity index (χ3v) is 2.13. The Morgan fingerprint density at radius 2 is 1.35 bits per heavy atom. The van der Waals surface area contributed by atoms with Crippen LogP contribution in [0.3, 0.4) is 0 Å². The van der Waals surface area contributed by atoms with Crippen molar-refractivity contribution in [3.8, 4) is 0 Å². The van der Waals surface area contributed by atoms with Crippen molar-refractivity contribution in [2.24, 2.45) is 0 Å². The van der Waals surface area contributed by atoms with E-state index in [9.17, 15) is 9.59 Å². The Bertz CT molecular complexity index is 270. The Hall–Kier alpha value is -1.14. The standard InChI is InChI=1S/C11H18O6/c1-5-14-9(12)7-8(10(13)15-6-2)17-11(3,4)16-7/h7-8H,5-6H2,1-4H3/t7-,8+. The highest BCUT2D eigenvalue weighted by atomic mass is 16.8. The van der Waals surface area contributed by atoms with Gasteiger partial charge in [0.1, 0.15) is 0 Å². The molecule has 17 heavy (non-hydrogen) atoms. The lowest BCUT2D eigenvalue weighted by molar-refractivity contribution is -0.173. The van der Waals surface area contributed by atoms with Crippen LogP contribution in [0, 0.1) is 0 Å². The van der Waals surface area contributed by atoms with Crippen LogP contribution in [0.1, 0.15) is 27.7 Å². The average molecular weight is 246 g/mol. The van der Waals surface area contributed by atoms with Crippen molar-refractivity contribution >= 4 is 11.9 Å². The van der Waals surface area contributed by atoms with E-state index in [1.54, 1.807) is 27.7 Å². The first kappa shape index (κ1) is 13.9. The lowest BCUT2D eigenvalue weighted by Crippen LogP contribution is -2.39. The van der Waals surface area contributed by atoms with Gasteiger partial charge in [-0.15, -0.1) is 0 Å². The predicted molar refractivity (Wildman–Crippen MR) is 57.1 cm³/mol. The highest BCUT2D eigenvalue weighted by molar-refractivity contribution is 5.86. The molecule has 0 bridgehead atoms. The Labute approximate surface area is 100 Å². The summed E-state index contributed by atoms with van der Waals surface area (Å²) in [6.07, 6.45) is -2.13. The maximum Gasteiger partial charge on any atom is 0.338 e. The zero-order valence-corrected chi connectivity index (χ0v) is 10.5. The fraction of sp³-hybridized carbons (Fsp3) is 0.818. The normalized spacial score (nSPS) is 26.6. The average Bonchev–Trinajstić information content (AvgIpc) is 2.55. The number of hydrogen-bond acceptors (Lipinski definition) is 6. The zero-order chi connectivity index (χ0) is 13.1. The molecule has 0 radical (unpaired) electrons. The summed E-state index contributed by atoms with van der Waals surface area (Å²) in [6, 6.07) is 0. The molecule has 1 aliphatic heterocycles. The molecule has 0 aliphatic carbocycles. The Morgan fingerprint density at radius 3 is 1.65 bits per heavy atom. The molecule has 0 aromatic heterocycles. The molecular weight excluding hydrogens is 228 g/mol. The van der Waals surface area contributed by atoms with Gasteiger partial charge in [0.2, 0.25) is 0 Å². The van der Waals surface area contributed by atoms with Crippen LogP contribution in [0.2, 0.25) is 0 Å². The summed E-state index contributed by atoms with van der Waals surface area (Å²) in [5.41, 5.74) is 0. The van der Waals surface area contributed by atoms with Gasteiger partial charge in [-0.25, -0.2) is 9.59 Å². The van der Waals surface area contributed by atoms with Gasteiger partial charge in [-0.05, 0) is 27.7 Å². The molecular formula is C11H18O6. The summed E-state index contributed by atoms with van der Waals surface area (Å²) in [5.74, 6) is -2.23. The number of ether oxygens (including phenoxy) is 4. The minimum Gasteiger partial charge on any atom is -0.464 e. The van der Waals surface area contributed by atoms with E-state index in [1.807, 2.05) is 0 Å². The molecule has 6 nitrogen and oxygen atoms in total. The second kappa shape index (κ2) is 5.46. The monoisotopic (exact) mass is 246 g/mol. The summed E-state index contributed by atoms with van der Waals surface area (Å²) in [5, 5.41) is 0. The topological polar surface area (TPSA) is 71.1 Å². The van der Waals surface area contributed by atoms with Crippen LogP contribution in [-0.4, -0.2) is 43.1 Å². The molecule has 0 N–H and O–H groups in total. The van der Waals surface area contributed by atoms with Crippen LogP contribution in [0.15, 0.2) is 0 Å². The van der Waals surface area contributed by atoms with E-state index >= 15 is 0 Å². The summed E-state index contributed by atoms with van der Waals surface area (Å²) in [7, 11) is 0. The lowest BCUT2D eigenvalue weighted by atomic mass is 10.2. The third kappa shape index (κ3) is 3.41. The smallest absolute Gasteiger partial charge is 0.338 e. The summed E-state index contributed by atoms with van der Waals surface area (Å²) in [4.78, 5) is 23.2. The minimum absolute atomic E-state index is 0.217. The van der Waals surface area contributed by atoms with Crippen LogP contribution in [0.4, 0.5) is 0 Å². The first-order valence-corrected chi connectivity index (χ1v) is 5.60. The van der Waals surface area contributed by atoms with Gasteiger partial charge < -0.3 is 18.9 Å². The minimum atomic E-state index is -1.07. The van der Waals surface area contributed by atoms with Gasteiger partial charge in [-0.3, -0.25) is 0 Å². The number of hydrogen-bond donors (Lipinski definition) is 0. The lowest BCUT2D eigenvalue weighted by Gasteiger charge is -2.15. The van der Waals surface area contributed by atoms with Crippen molar-refractivity contribution in [3.63, 3.8) is 0 Å². The maximum absolute atomic E-state index is 11.6. The number of carbonyl (C=O) groups excluding carboxylic acids is 2. The van der Waals surface area contributed by atoms with Crippen molar-refractivity contribution in [1.29, 1.82) is 0 Å². The molecule has 1 fully saturated rings.